The first-order chi connectivity index (χ1) is 9.54. The molecule has 106 valence electrons. The highest BCUT2D eigenvalue weighted by Gasteiger charge is 2.40. The number of carbonyl (C=O) groups excluding carboxylic acids is 3. The van der Waals surface area contributed by atoms with Gasteiger partial charge in [-0.05, 0) is 12.5 Å². The summed E-state index contributed by atoms with van der Waals surface area (Å²) in [5.74, 6) is -2.08. The molecule has 0 bridgehead atoms. The molecule has 1 fully saturated rings. The third kappa shape index (κ3) is 2.70. The lowest BCUT2D eigenvalue weighted by Crippen LogP contribution is -2.57. The van der Waals surface area contributed by atoms with Gasteiger partial charge in [-0.3, -0.25) is 19.8 Å². The number of hydrogen-bond donors (Lipinski definition) is 1. The molecular formula is C14H16N2O4. The number of nitrogens with zero attached hydrogens (tertiary/aromatic N) is 1. The molecule has 1 aliphatic heterocycles. The van der Waals surface area contributed by atoms with E-state index in [-0.39, 0.29) is 13.2 Å². The van der Waals surface area contributed by atoms with Crippen molar-refractivity contribution in [1.82, 2.24) is 10.2 Å². The molecule has 0 aliphatic carbocycles. The summed E-state index contributed by atoms with van der Waals surface area (Å²) in [7, 11) is 1.48. The SMILES string of the molecule is COCCN1C(=O)NC(=O)C(c2ccc(C)cc2)C1=O. The first kappa shape index (κ1) is 14.2. The summed E-state index contributed by atoms with van der Waals surface area (Å²) >= 11 is 0. The maximum atomic E-state index is 12.3. The van der Waals surface area contributed by atoms with Crippen molar-refractivity contribution in [3.63, 3.8) is 0 Å². The molecular weight excluding hydrogens is 260 g/mol. The summed E-state index contributed by atoms with van der Waals surface area (Å²) < 4.78 is 4.87. The lowest BCUT2D eigenvalue weighted by Gasteiger charge is -2.30. The summed E-state index contributed by atoms with van der Waals surface area (Å²) in [4.78, 5) is 36.9. The van der Waals surface area contributed by atoms with Crippen LogP contribution in [0.5, 0.6) is 0 Å². The van der Waals surface area contributed by atoms with Gasteiger partial charge in [0.05, 0.1) is 13.2 Å². The maximum absolute atomic E-state index is 12.3. The average Bonchev–Trinajstić information content (AvgIpc) is 2.40. The minimum atomic E-state index is -0.981. The summed E-state index contributed by atoms with van der Waals surface area (Å²) in [5, 5.41) is 2.20. The van der Waals surface area contributed by atoms with E-state index in [4.69, 9.17) is 4.74 Å². The van der Waals surface area contributed by atoms with Crippen LogP contribution < -0.4 is 5.32 Å². The molecule has 1 N–H and O–H groups in total. The van der Waals surface area contributed by atoms with Crippen molar-refractivity contribution in [3.8, 4) is 0 Å². The molecule has 0 saturated carbocycles. The molecule has 1 heterocycles. The predicted octanol–water partition coefficient (Wildman–Crippen LogP) is 0.803. The van der Waals surface area contributed by atoms with Crippen LogP contribution in [0.15, 0.2) is 24.3 Å². The number of nitrogens with one attached hydrogen (secondary N) is 1. The Morgan fingerprint density at radius 3 is 2.45 bits per heavy atom. The molecule has 1 atom stereocenters. The Labute approximate surface area is 116 Å². The Kier molecular flexibility index (Phi) is 4.14. The fraction of sp³-hybridized carbons (Fsp3) is 0.357. The highest BCUT2D eigenvalue weighted by atomic mass is 16.5. The number of methoxy groups -OCH3 is 1. The van der Waals surface area contributed by atoms with Crippen LogP contribution in [-0.2, 0) is 14.3 Å². The lowest BCUT2D eigenvalue weighted by atomic mass is 9.94. The molecule has 6 nitrogen and oxygen atoms in total. The summed E-state index contributed by atoms with van der Waals surface area (Å²) in [6.07, 6.45) is 0. The van der Waals surface area contributed by atoms with Crippen molar-refractivity contribution in [2.24, 2.45) is 0 Å². The standard InChI is InChI=1S/C14H16N2O4/c1-9-3-5-10(6-4-9)11-12(17)15-14(19)16(13(11)18)7-8-20-2/h3-6,11H,7-8H2,1-2H3,(H,15,17,19). The maximum Gasteiger partial charge on any atom is 0.330 e. The topological polar surface area (TPSA) is 75.7 Å². The second kappa shape index (κ2) is 5.83. The van der Waals surface area contributed by atoms with Crippen LogP contribution in [0.25, 0.3) is 0 Å². The zero-order valence-corrected chi connectivity index (χ0v) is 11.4. The number of carbonyl (C=O) groups is 3. The molecule has 1 aromatic rings. The van der Waals surface area contributed by atoms with Gasteiger partial charge in [-0.15, -0.1) is 0 Å². The summed E-state index contributed by atoms with van der Waals surface area (Å²) in [5.41, 5.74) is 1.61. The monoisotopic (exact) mass is 276 g/mol. The molecule has 1 aliphatic rings. The van der Waals surface area contributed by atoms with Crippen LogP contribution in [0, 0.1) is 6.92 Å². The second-order valence-electron chi connectivity index (χ2n) is 4.62. The Balaban J connectivity index is 2.27. The molecule has 6 heteroatoms. The molecule has 0 spiro atoms. The zero-order chi connectivity index (χ0) is 14.7. The van der Waals surface area contributed by atoms with Gasteiger partial charge >= 0.3 is 6.03 Å². The van der Waals surface area contributed by atoms with Gasteiger partial charge < -0.3 is 4.74 Å². The van der Waals surface area contributed by atoms with Gasteiger partial charge in [-0.25, -0.2) is 4.79 Å². The van der Waals surface area contributed by atoms with Crippen LogP contribution in [-0.4, -0.2) is 43.0 Å². The van der Waals surface area contributed by atoms with E-state index >= 15 is 0 Å². The van der Waals surface area contributed by atoms with E-state index in [1.54, 1.807) is 12.1 Å². The third-order valence-electron chi connectivity index (χ3n) is 3.18. The van der Waals surface area contributed by atoms with Gasteiger partial charge in [0.15, 0.2) is 0 Å². The zero-order valence-electron chi connectivity index (χ0n) is 11.4. The van der Waals surface area contributed by atoms with Gasteiger partial charge in [0, 0.05) is 7.11 Å². The number of ether oxygens (including phenoxy) is 1. The lowest BCUT2D eigenvalue weighted by molar-refractivity contribution is -0.139. The summed E-state index contributed by atoms with van der Waals surface area (Å²) in [6, 6.07) is 6.40. The minimum Gasteiger partial charge on any atom is -0.383 e. The average molecular weight is 276 g/mol. The molecule has 1 unspecified atom stereocenters. The number of aryl methyl sites for hydroxylation is 1. The van der Waals surface area contributed by atoms with Crippen molar-refractivity contribution in [2.75, 3.05) is 20.3 Å². The number of barbiturate groups is 1. The molecule has 2 rings (SSSR count). The fourth-order valence-electron chi connectivity index (χ4n) is 2.06. The van der Waals surface area contributed by atoms with Crippen molar-refractivity contribution in [3.05, 3.63) is 35.4 Å². The van der Waals surface area contributed by atoms with E-state index in [1.807, 2.05) is 19.1 Å². The molecule has 1 saturated heterocycles. The van der Waals surface area contributed by atoms with Gasteiger partial charge in [-0.1, -0.05) is 29.8 Å². The first-order valence-corrected chi connectivity index (χ1v) is 6.26. The second-order valence-corrected chi connectivity index (χ2v) is 4.62. The van der Waals surface area contributed by atoms with Crippen LogP contribution in [0.2, 0.25) is 0 Å². The number of urea groups is 1. The molecule has 0 aromatic heterocycles. The van der Waals surface area contributed by atoms with Crippen LogP contribution >= 0.6 is 0 Å². The molecule has 20 heavy (non-hydrogen) atoms. The van der Waals surface area contributed by atoms with Gasteiger partial charge in [0.25, 0.3) is 0 Å². The first-order valence-electron chi connectivity index (χ1n) is 6.26. The number of hydrogen-bond acceptors (Lipinski definition) is 4. The van der Waals surface area contributed by atoms with Crippen LogP contribution in [0.4, 0.5) is 4.79 Å². The quantitative estimate of drug-likeness (QED) is 0.825. The predicted molar refractivity (Wildman–Crippen MR) is 71.0 cm³/mol. The Morgan fingerprint density at radius 1 is 1.20 bits per heavy atom. The van der Waals surface area contributed by atoms with Crippen molar-refractivity contribution >= 4 is 17.8 Å². The highest BCUT2D eigenvalue weighted by Crippen LogP contribution is 2.22. The van der Waals surface area contributed by atoms with Crippen molar-refractivity contribution in [2.45, 2.75) is 12.8 Å². The number of amides is 4. The van der Waals surface area contributed by atoms with E-state index < -0.39 is 23.8 Å². The van der Waals surface area contributed by atoms with Gasteiger partial charge in [-0.2, -0.15) is 0 Å². The highest BCUT2D eigenvalue weighted by molar-refractivity contribution is 6.19. The molecule has 1 aromatic carbocycles. The molecule has 0 radical (unpaired) electrons. The number of rotatable bonds is 4. The third-order valence-corrected chi connectivity index (χ3v) is 3.18. The van der Waals surface area contributed by atoms with E-state index in [0.717, 1.165) is 10.5 Å². The fourth-order valence-corrected chi connectivity index (χ4v) is 2.06. The van der Waals surface area contributed by atoms with E-state index in [2.05, 4.69) is 5.32 Å². The van der Waals surface area contributed by atoms with Crippen molar-refractivity contribution < 1.29 is 19.1 Å². The van der Waals surface area contributed by atoms with E-state index in [9.17, 15) is 14.4 Å². The number of benzene rings is 1. The Morgan fingerprint density at radius 2 is 1.85 bits per heavy atom. The molecule has 4 amide bonds. The van der Waals surface area contributed by atoms with Gasteiger partial charge in [0.2, 0.25) is 11.8 Å². The van der Waals surface area contributed by atoms with E-state index in [0.29, 0.717) is 5.56 Å². The minimum absolute atomic E-state index is 0.122. The smallest absolute Gasteiger partial charge is 0.330 e. The Hall–Kier alpha value is -2.21. The van der Waals surface area contributed by atoms with Crippen LogP contribution in [0.1, 0.15) is 17.0 Å². The summed E-state index contributed by atoms with van der Waals surface area (Å²) in [6.45, 7) is 2.27. The van der Waals surface area contributed by atoms with Crippen LogP contribution in [0.3, 0.4) is 0 Å². The largest absolute Gasteiger partial charge is 0.383 e. The number of imide groups is 2. The normalized spacial score (nSPS) is 19.2. The van der Waals surface area contributed by atoms with Crippen molar-refractivity contribution in [1.29, 1.82) is 0 Å². The Bertz CT molecular complexity index is 539. The van der Waals surface area contributed by atoms with E-state index in [1.165, 1.54) is 7.11 Å². The van der Waals surface area contributed by atoms with Gasteiger partial charge in [0.1, 0.15) is 5.92 Å².